The second kappa shape index (κ2) is 15.6. The van der Waals surface area contributed by atoms with Gasteiger partial charge in [-0.3, -0.25) is 9.69 Å². The zero-order valence-corrected chi connectivity index (χ0v) is 28.4. The van der Waals surface area contributed by atoms with E-state index in [4.69, 9.17) is 14.2 Å². The quantitative estimate of drug-likeness (QED) is 0.0884. The number of likely N-dealkylation sites (tertiary alicyclic amines) is 1. The Hall–Kier alpha value is -2.12. The van der Waals surface area contributed by atoms with Gasteiger partial charge in [0.1, 0.15) is 0 Å². The van der Waals surface area contributed by atoms with E-state index in [0.717, 1.165) is 43.5 Å². The molecule has 2 fully saturated rings. The molecule has 4 aliphatic rings. The summed E-state index contributed by atoms with van der Waals surface area (Å²) in [5, 5.41) is 12.3. The third kappa shape index (κ3) is 7.56. The number of ketones is 1. The summed E-state index contributed by atoms with van der Waals surface area (Å²) in [6, 6.07) is 3.69. The van der Waals surface area contributed by atoms with Crippen LogP contribution >= 0.6 is 0 Å². The van der Waals surface area contributed by atoms with E-state index in [1.807, 2.05) is 19.9 Å². The van der Waals surface area contributed by atoms with Gasteiger partial charge in [-0.25, -0.2) is 4.79 Å². The van der Waals surface area contributed by atoms with Gasteiger partial charge in [0.05, 0.1) is 17.6 Å². The number of fused-ring (bicyclic) bond motifs is 1. The van der Waals surface area contributed by atoms with Crippen molar-refractivity contribution in [3.63, 3.8) is 0 Å². The highest BCUT2D eigenvalue weighted by atomic mass is 16.7. The fourth-order valence-corrected chi connectivity index (χ4v) is 8.45. The molecular weight excluding hydrogens is 566 g/mol. The lowest BCUT2D eigenvalue weighted by Gasteiger charge is -2.59. The molecular formula is C38H59NO6. The molecule has 2 aliphatic carbocycles. The highest BCUT2D eigenvalue weighted by Crippen LogP contribution is 2.62. The SMILES string of the molecule is CCCCCCCCCCCCCCCCOC(=O)Oc1ccc2c3c1O[C@@H](C(=O)CC)[C@]31CCN(CC3CC3)C(C2)[C@@]1(C)O. The molecule has 0 radical (unpaired) electrons. The lowest BCUT2D eigenvalue weighted by Crippen LogP contribution is -2.73. The molecule has 0 amide bonds. The summed E-state index contributed by atoms with van der Waals surface area (Å²) in [6.07, 6.45) is 20.5. The summed E-state index contributed by atoms with van der Waals surface area (Å²) in [6.45, 7) is 8.15. The minimum Gasteiger partial charge on any atom is -0.477 e. The van der Waals surface area contributed by atoms with Crippen LogP contribution in [0.4, 0.5) is 4.79 Å². The number of carbonyl (C=O) groups is 2. The summed E-state index contributed by atoms with van der Waals surface area (Å²) in [5.74, 6) is 1.40. The molecule has 2 aliphatic heterocycles. The Bertz CT molecular complexity index is 1150. The fourth-order valence-electron chi connectivity index (χ4n) is 8.45. The van der Waals surface area contributed by atoms with Crippen LogP contribution in [0.15, 0.2) is 12.1 Å². The number of hydrogen-bond donors (Lipinski definition) is 1. The van der Waals surface area contributed by atoms with Crippen molar-refractivity contribution in [2.45, 2.75) is 166 Å². The van der Waals surface area contributed by atoms with Gasteiger partial charge < -0.3 is 19.3 Å². The Morgan fingerprint density at radius 3 is 2.16 bits per heavy atom. The average Bonchev–Trinajstić information content (AvgIpc) is 3.77. The normalized spacial score (nSPS) is 26.8. The Kier molecular flexibility index (Phi) is 11.9. The number of rotatable bonds is 20. The largest absolute Gasteiger partial charge is 0.513 e. The molecule has 7 heteroatoms. The minimum absolute atomic E-state index is 0.0277. The maximum absolute atomic E-state index is 13.4. The first-order valence-corrected chi connectivity index (χ1v) is 18.5. The van der Waals surface area contributed by atoms with E-state index in [0.29, 0.717) is 37.5 Å². The van der Waals surface area contributed by atoms with Gasteiger partial charge in [0.15, 0.2) is 23.4 Å². The molecule has 1 aromatic rings. The number of unbranched alkanes of at least 4 members (excludes halogenated alkanes) is 13. The Labute approximate surface area is 271 Å². The fraction of sp³-hybridized carbons (Fsp3) is 0.789. The van der Waals surface area contributed by atoms with Gasteiger partial charge in [-0.05, 0) is 63.1 Å². The topological polar surface area (TPSA) is 85.3 Å². The first kappa shape index (κ1) is 34.2. The molecule has 7 nitrogen and oxygen atoms in total. The number of nitrogens with zero attached hydrogens (tertiary/aromatic N) is 1. The summed E-state index contributed by atoms with van der Waals surface area (Å²) in [5.41, 5.74) is -0.0676. The van der Waals surface area contributed by atoms with Crippen LogP contribution in [0.5, 0.6) is 11.5 Å². The molecule has 1 unspecified atom stereocenters. The van der Waals surface area contributed by atoms with Crippen LogP contribution in [-0.4, -0.2) is 59.4 Å². The number of Topliss-reactive ketones (excluding diaryl/α,β-unsaturated/α-hetero) is 1. The van der Waals surface area contributed by atoms with E-state index in [9.17, 15) is 14.7 Å². The van der Waals surface area contributed by atoms with Gasteiger partial charge in [-0.15, -0.1) is 0 Å². The Morgan fingerprint density at radius 2 is 1.56 bits per heavy atom. The lowest BCUT2D eigenvalue weighted by atomic mass is 9.53. The summed E-state index contributed by atoms with van der Waals surface area (Å²) in [4.78, 5) is 28.5. The van der Waals surface area contributed by atoms with Crippen molar-refractivity contribution in [2.75, 3.05) is 19.7 Å². The summed E-state index contributed by atoms with van der Waals surface area (Å²) in [7, 11) is 0. The molecule has 2 heterocycles. The molecule has 45 heavy (non-hydrogen) atoms. The molecule has 1 spiro atoms. The third-order valence-electron chi connectivity index (χ3n) is 11.3. The van der Waals surface area contributed by atoms with Crippen molar-refractivity contribution < 1.29 is 28.9 Å². The monoisotopic (exact) mass is 625 g/mol. The van der Waals surface area contributed by atoms with Crippen LogP contribution in [0.25, 0.3) is 0 Å². The molecule has 5 rings (SSSR count). The van der Waals surface area contributed by atoms with Gasteiger partial charge in [-0.2, -0.15) is 0 Å². The number of hydrogen-bond acceptors (Lipinski definition) is 7. The highest BCUT2D eigenvalue weighted by Gasteiger charge is 2.69. The maximum Gasteiger partial charge on any atom is 0.513 e. The van der Waals surface area contributed by atoms with E-state index < -0.39 is 23.3 Å². The molecule has 4 atom stereocenters. The van der Waals surface area contributed by atoms with E-state index in [2.05, 4.69) is 11.8 Å². The Morgan fingerprint density at radius 1 is 0.933 bits per heavy atom. The molecule has 1 saturated carbocycles. The van der Waals surface area contributed by atoms with Crippen LogP contribution in [0, 0.1) is 5.92 Å². The number of carbonyl (C=O) groups excluding carboxylic acids is 2. The maximum atomic E-state index is 13.4. The highest BCUT2D eigenvalue weighted by molar-refractivity contribution is 5.88. The standard InChI is InChI=1S/C38H59NO6/c1-4-6-7-8-9-10-11-12-13-14-15-16-17-18-25-43-36(41)44-31-22-21-29-26-32-37(3,42)38(23-24-39(32)27-28-19-20-28)33(29)34(31)45-35(38)30(40)5-2/h21-22,28,32,35,42H,4-20,23-27H2,1-3H3/t32?,35-,37+,38-/m0/s1. The van der Waals surface area contributed by atoms with E-state index in [1.54, 1.807) is 6.07 Å². The number of ether oxygens (including phenoxy) is 3. The summed E-state index contributed by atoms with van der Waals surface area (Å²) >= 11 is 0. The molecule has 1 aromatic carbocycles. The molecule has 1 N–H and O–H groups in total. The second-order valence-corrected chi connectivity index (χ2v) is 14.6. The number of aliphatic hydroxyl groups is 1. The molecule has 0 aromatic heterocycles. The first-order chi connectivity index (χ1) is 21.8. The van der Waals surface area contributed by atoms with Crippen molar-refractivity contribution >= 4 is 11.9 Å². The number of piperidine rings is 1. The van der Waals surface area contributed by atoms with E-state index >= 15 is 0 Å². The van der Waals surface area contributed by atoms with Crippen molar-refractivity contribution in [3.8, 4) is 11.5 Å². The molecule has 252 valence electrons. The minimum atomic E-state index is -1.15. The third-order valence-corrected chi connectivity index (χ3v) is 11.3. The molecule has 1 saturated heterocycles. The predicted molar refractivity (Wildman–Crippen MR) is 177 cm³/mol. The van der Waals surface area contributed by atoms with Crippen LogP contribution in [0.1, 0.15) is 147 Å². The van der Waals surface area contributed by atoms with Gasteiger partial charge in [0.25, 0.3) is 0 Å². The van der Waals surface area contributed by atoms with Gasteiger partial charge >= 0.3 is 6.16 Å². The average molecular weight is 626 g/mol. The van der Waals surface area contributed by atoms with Crippen LogP contribution in [0.2, 0.25) is 0 Å². The van der Waals surface area contributed by atoms with Crippen LogP contribution < -0.4 is 9.47 Å². The van der Waals surface area contributed by atoms with Crippen LogP contribution in [-0.2, 0) is 21.4 Å². The smallest absolute Gasteiger partial charge is 0.477 e. The van der Waals surface area contributed by atoms with Crippen molar-refractivity contribution in [1.29, 1.82) is 0 Å². The first-order valence-electron chi connectivity index (χ1n) is 18.5. The van der Waals surface area contributed by atoms with Gasteiger partial charge in [0, 0.05) is 24.6 Å². The van der Waals surface area contributed by atoms with E-state index in [-0.39, 0.29) is 17.6 Å². The predicted octanol–water partition coefficient (Wildman–Crippen LogP) is 8.45. The van der Waals surface area contributed by atoms with Gasteiger partial charge in [-0.1, -0.05) is 103 Å². The van der Waals surface area contributed by atoms with E-state index in [1.165, 1.54) is 83.5 Å². The lowest BCUT2D eigenvalue weighted by molar-refractivity contribution is -0.164. The summed E-state index contributed by atoms with van der Waals surface area (Å²) < 4.78 is 17.6. The van der Waals surface area contributed by atoms with Crippen molar-refractivity contribution in [1.82, 2.24) is 4.90 Å². The van der Waals surface area contributed by atoms with Crippen molar-refractivity contribution in [2.24, 2.45) is 5.92 Å². The zero-order valence-electron chi connectivity index (χ0n) is 28.4. The van der Waals surface area contributed by atoms with Crippen LogP contribution in [0.3, 0.4) is 0 Å². The van der Waals surface area contributed by atoms with Gasteiger partial charge in [0.2, 0.25) is 0 Å². The zero-order chi connectivity index (χ0) is 31.9. The van der Waals surface area contributed by atoms with Crippen molar-refractivity contribution in [3.05, 3.63) is 23.3 Å². The number of benzene rings is 1. The molecule has 2 bridgehead atoms. The second-order valence-electron chi connectivity index (χ2n) is 14.6. The Balaban J connectivity index is 1.09.